The number of amides is 1. The second-order valence-corrected chi connectivity index (χ2v) is 7.28. The van der Waals surface area contributed by atoms with Crippen LogP contribution in [0.4, 0.5) is 0 Å². The van der Waals surface area contributed by atoms with Gasteiger partial charge in [-0.15, -0.1) is 11.3 Å². The number of hydrogen-bond acceptors (Lipinski definition) is 4. The predicted octanol–water partition coefficient (Wildman–Crippen LogP) is 4.58. The molecular weight excluding hydrogens is 354 g/mol. The molecule has 0 aliphatic rings. The van der Waals surface area contributed by atoms with E-state index in [1.54, 1.807) is 23.7 Å². The maximum atomic E-state index is 13.2. The van der Waals surface area contributed by atoms with Crippen LogP contribution in [0.1, 0.15) is 20.9 Å². The van der Waals surface area contributed by atoms with Gasteiger partial charge in [-0.3, -0.25) is 9.78 Å². The number of nitrogens with zero attached hydrogens (tertiary/aromatic N) is 3. The van der Waals surface area contributed by atoms with Crippen molar-refractivity contribution in [1.82, 2.24) is 14.9 Å². The lowest BCUT2D eigenvalue weighted by atomic mass is 10.1. The van der Waals surface area contributed by atoms with Crippen LogP contribution in [0.5, 0.6) is 0 Å². The molecule has 0 aliphatic heterocycles. The monoisotopic (exact) mass is 373 g/mol. The molecule has 0 unspecified atom stereocenters. The predicted molar refractivity (Wildman–Crippen MR) is 109 cm³/mol. The molecule has 5 heteroatoms. The molecule has 0 saturated carbocycles. The summed E-state index contributed by atoms with van der Waals surface area (Å²) < 4.78 is 0. The first-order chi connectivity index (χ1) is 13.3. The van der Waals surface area contributed by atoms with Crippen LogP contribution in [0.3, 0.4) is 0 Å². The summed E-state index contributed by atoms with van der Waals surface area (Å²) in [6, 6.07) is 20.0. The first-order valence-electron chi connectivity index (χ1n) is 8.86. The maximum absolute atomic E-state index is 13.2. The van der Waals surface area contributed by atoms with E-state index in [-0.39, 0.29) is 5.91 Å². The quantitative estimate of drug-likeness (QED) is 0.497. The Hall–Kier alpha value is -3.05. The zero-order valence-electron chi connectivity index (χ0n) is 14.8. The maximum Gasteiger partial charge on any atom is 0.255 e. The Labute approximate surface area is 162 Å². The summed E-state index contributed by atoms with van der Waals surface area (Å²) in [4.78, 5) is 23.8. The van der Waals surface area contributed by atoms with E-state index in [9.17, 15) is 4.79 Å². The third-order valence-corrected chi connectivity index (χ3v) is 5.21. The summed E-state index contributed by atoms with van der Waals surface area (Å²) in [5, 5.41) is 3.85. The molecule has 0 atom stereocenters. The van der Waals surface area contributed by atoms with Gasteiger partial charge in [0.25, 0.3) is 5.91 Å². The van der Waals surface area contributed by atoms with Gasteiger partial charge in [0.1, 0.15) is 5.01 Å². The van der Waals surface area contributed by atoms with E-state index in [4.69, 9.17) is 0 Å². The van der Waals surface area contributed by atoms with Crippen LogP contribution in [-0.2, 0) is 13.0 Å². The summed E-state index contributed by atoms with van der Waals surface area (Å²) in [6.45, 7) is 1.14. The Morgan fingerprint density at radius 2 is 1.81 bits per heavy atom. The third-order valence-electron chi connectivity index (χ3n) is 4.45. The molecular formula is C22H19N3OS. The van der Waals surface area contributed by atoms with Crippen LogP contribution in [0.2, 0.25) is 0 Å². The van der Waals surface area contributed by atoms with Gasteiger partial charge in [0.05, 0.1) is 17.6 Å². The average molecular weight is 373 g/mol. The normalized spacial score (nSPS) is 10.8. The first-order valence-corrected chi connectivity index (χ1v) is 9.74. The van der Waals surface area contributed by atoms with Crippen molar-refractivity contribution in [1.29, 1.82) is 0 Å². The molecule has 4 rings (SSSR count). The number of hydrogen-bond donors (Lipinski definition) is 0. The van der Waals surface area contributed by atoms with Crippen LogP contribution >= 0.6 is 11.3 Å². The number of aromatic nitrogens is 2. The molecule has 27 heavy (non-hydrogen) atoms. The Balaban J connectivity index is 1.58. The van der Waals surface area contributed by atoms with Gasteiger partial charge in [-0.2, -0.15) is 0 Å². The van der Waals surface area contributed by atoms with Crippen LogP contribution in [0.15, 0.2) is 78.4 Å². The lowest BCUT2D eigenvalue weighted by Gasteiger charge is -2.22. The standard InChI is InChI=1S/C22H19N3OS/c26-22(19-14-18-8-4-5-9-20(18)24-15-19)25(16-21-23-11-13-27-21)12-10-17-6-2-1-3-7-17/h1-9,11,13-15H,10,12,16H2. The molecule has 0 spiro atoms. The van der Waals surface area contributed by atoms with Crippen molar-refractivity contribution in [3.63, 3.8) is 0 Å². The average Bonchev–Trinajstić information content (AvgIpc) is 3.24. The van der Waals surface area contributed by atoms with Gasteiger partial charge in [0, 0.05) is 29.7 Å². The van der Waals surface area contributed by atoms with E-state index in [0.717, 1.165) is 22.3 Å². The second kappa shape index (κ2) is 8.10. The Bertz CT molecular complexity index is 1030. The fraction of sp³-hybridized carbons (Fsp3) is 0.136. The van der Waals surface area contributed by atoms with Crippen LogP contribution in [-0.4, -0.2) is 27.3 Å². The second-order valence-electron chi connectivity index (χ2n) is 6.30. The minimum Gasteiger partial charge on any atom is -0.332 e. The number of carbonyl (C=O) groups excluding carboxylic acids is 1. The van der Waals surface area contributed by atoms with Crippen molar-refractivity contribution in [2.24, 2.45) is 0 Å². The summed E-state index contributed by atoms with van der Waals surface area (Å²) in [6.07, 6.45) is 4.25. The molecule has 0 N–H and O–H groups in total. The zero-order valence-corrected chi connectivity index (χ0v) is 15.6. The Morgan fingerprint density at radius 3 is 2.63 bits per heavy atom. The van der Waals surface area contributed by atoms with Gasteiger partial charge in [-0.1, -0.05) is 48.5 Å². The molecule has 0 aliphatic carbocycles. The summed E-state index contributed by atoms with van der Waals surface area (Å²) >= 11 is 1.57. The van der Waals surface area contributed by atoms with E-state index in [2.05, 4.69) is 22.1 Å². The molecule has 2 aromatic carbocycles. The van der Waals surface area contributed by atoms with E-state index in [1.807, 2.05) is 58.8 Å². The highest BCUT2D eigenvalue weighted by Crippen LogP contribution is 2.17. The molecule has 134 valence electrons. The lowest BCUT2D eigenvalue weighted by Crippen LogP contribution is -2.32. The molecule has 0 fully saturated rings. The van der Waals surface area contributed by atoms with Crippen LogP contribution < -0.4 is 0 Å². The highest BCUT2D eigenvalue weighted by atomic mass is 32.1. The van der Waals surface area contributed by atoms with E-state index >= 15 is 0 Å². The molecule has 0 bridgehead atoms. The molecule has 2 aromatic heterocycles. The number of pyridine rings is 1. The van der Waals surface area contributed by atoms with Crippen molar-refractivity contribution in [3.8, 4) is 0 Å². The number of carbonyl (C=O) groups is 1. The number of rotatable bonds is 6. The van der Waals surface area contributed by atoms with Gasteiger partial charge < -0.3 is 4.90 Å². The van der Waals surface area contributed by atoms with Crippen LogP contribution in [0, 0.1) is 0 Å². The van der Waals surface area contributed by atoms with Gasteiger partial charge >= 0.3 is 0 Å². The van der Waals surface area contributed by atoms with Gasteiger partial charge in [-0.25, -0.2) is 4.98 Å². The molecule has 1 amide bonds. The van der Waals surface area contributed by atoms with Crippen molar-refractivity contribution in [3.05, 3.63) is 94.6 Å². The number of thiazole rings is 1. The van der Waals surface area contributed by atoms with E-state index in [1.165, 1.54) is 5.56 Å². The Morgan fingerprint density at radius 1 is 1.00 bits per heavy atom. The fourth-order valence-electron chi connectivity index (χ4n) is 3.03. The molecule has 4 nitrogen and oxygen atoms in total. The highest BCUT2D eigenvalue weighted by molar-refractivity contribution is 7.09. The van der Waals surface area contributed by atoms with E-state index in [0.29, 0.717) is 18.7 Å². The summed E-state index contributed by atoms with van der Waals surface area (Å²) in [7, 11) is 0. The van der Waals surface area contributed by atoms with Gasteiger partial charge in [0.15, 0.2) is 0 Å². The van der Waals surface area contributed by atoms with Crippen molar-refractivity contribution in [2.75, 3.05) is 6.54 Å². The topological polar surface area (TPSA) is 46.1 Å². The molecule has 4 aromatic rings. The third kappa shape index (κ3) is 4.20. The Kier molecular flexibility index (Phi) is 5.21. The minimum atomic E-state index is -0.0145. The summed E-state index contributed by atoms with van der Waals surface area (Å²) in [5.74, 6) is -0.0145. The van der Waals surface area contributed by atoms with Crippen LogP contribution in [0.25, 0.3) is 10.9 Å². The van der Waals surface area contributed by atoms with Gasteiger partial charge in [-0.05, 0) is 24.1 Å². The largest absolute Gasteiger partial charge is 0.332 e. The van der Waals surface area contributed by atoms with Crippen molar-refractivity contribution >= 4 is 28.1 Å². The van der Waals surface area contributed by atoms with Crippen molar-refractivity contribution in [2.45, 2.75) is 13.0 Å². The SMILES string of the molecule is O=C(c1cnc2ccccc2c1)N(CCc1ccccc1)Cc1nccs1. The lowest BCUT2D eigenvalue weighted by molar-refractivity contribution is 0.0744. The number of fused-ring (bicyclic) bond motifs is 1. The number of para-hydroxylation sites is 1. The van der Waals surface area contributed by atoms with Crippen molar-refractivity contribution < 1.29 is 4.79 Å². The molecule has 0 radical (unpaired) electrons. The smallest absolute Gasteiger partial charge is 0.255 e. The number of benzene rings is 2. The zero-order chi connectivity index (χ0) is 18.5. The fourth-order valence-corrected chi connectivity index (χ4v) is 3.66. The summed E-state index contributed by atoms with van der Waals surface area (Å²) in [5.41, 5.74) is 2.72. The minimum absolute atomic E-state index is 0.0145. The first kappa shape index (κ1) is 17.4. The van der Waals surface area contributed by atoms with Gasteiger partial charge in [0.2, 0.25) is 0 Å². The van der Waals surface area contributed by atoms with E-state index < -0.39 is 0 Å². The molecule has 0 saturated heterocycles. The molecule has 2 heterocycles. The highest BCUT2D eigenvalue weighted by Gasteiger charge is 2.18.